The van der Waals surface area contributed by atoms with E-state index in [9.17, 15) is 13.2 Å². The smallest absolute Gasteiger partial charge is 0.323 e. The van der Waals surface area contributed by atoms with Crippen LogP contribution in [-0.4, -0.2) is 0 Å². The number of rotatable bonds is 2. The van der Waals surface area contributed by atoms with E-state index in [1.807, 2.05) is 0 Å². The van der Waals surface area contributed by atoms with Crippen molar-refractivity contribution in [2.45, 2.75) is 18.6 Å². The van der Waals surface area contributed by atoms with E-state index in [0.717, 1.165) is 12.1 Å². The van der Waals surface area contributed by atoms with Crippen molar-refractivity contribution in [3.63, 3.8) is 0 Å². The molecular weight excluding hydrogens is 276 g/mol. The largest absolute Gasteiger partial charge is 0.417 e. The zero-order chi connectivity index (χ0) is 12.3. The van der Waals surface area contributed by atoms with Crippen LogP contribution in [0.25, 0.3) is 0 Å². The zero-order valence-corrected chi connectivity index (χ0v) is 10.0. The van der Waals surface area contributed by atoms with Gasteiger partial charge in [-0.3, -0.25) is 0 Å². The Balaban J connectivity index is 0.00000256. The molecule has 0 spiro atoms. The summed E-state index contributed by atoms with van der Waals surface area (Å²) in [6.45, 7) is 0. The molecule has 1 atom stereocenters. The Bertz CT molecular complexity index is 427. The molecule has 7 heteroatoms. The quantitative estimate of drug-likeness (QED) is 0.900. The number of nitriles is 1. The number of halogens is 5. The highest BCUT2D eigenvalue weighted by Crippen LogP contribution is 2.36. The van der Waals surface area contributed by atoms with Gasteiger partial charge in [0.25, 0.3) is 0 Å². The molecule has 2 nitrogen and oxygen atoms in total. The van der Waals surface area contributed by atoms with E-state index in [4.69, 9.17) is 22.6 Å². The van der Waals surface area contributed by atoms with Crippen molar-refractivity contribution >= 4 is 24.0 Å². The fraction of sp³-hybridized carbons (Fsp3) is 0.300. The number of nitrogens with zero attached hydrogens (tertiary/aromatic N) is 1. The third kappa shape index (κ3) is 4.08. The SMILES string of the molecule is Cl.N#CC[C@H](N)c1ccc(Cl)c(C(F)(F)F)c1. The lowest BCUT2D eigenvalue weighted by Crippen LogP contribution is -2.12. The lowest BCUT2D eigenvalue weighted by Gasteiger charge is -2.13. The molecule has 0 aliphatic heterocycles. The third-order valence-corrected chi connectivity index (χ3v) is 2.36. The molecule has 0 saturated carbocycles. The minimum absolute atomic E-state index is 0. The number of alkyl halides is 3. The molecule has 0 amide bonds. The van der Waals surface area contributed by atoms with E-state index in [1.54, 1.807) is 6.07 Å². The molecule has 1 rings (SSSR count). The summed E-state index contributed by atoms with van der Waals surface area (Å²) in [5, 5.41) is 8.03. The maximum absolute atomic E-state index is 12.5. The Labute approximate surface area is 108 Å². The molecule has 0 fully saturated rings. The van der Waals surface area contributed by atoms with Crippen LogP contribution in [0.3, 0.4) is 0 Å². The Morgan fingerprint density at radius 1 is 1.41 bits per heavy atom. The van der Waals surface area contributed by atoms with Crippen LogP contribution in [-0.2, 0) is 6.18 Å². The molecule has 0 radical (unpaired) electrons. The summed E-state index contributed by atoms with van der Waals surface area (Å²) >= 11 is 5.44. The van der Waals surface area contributed by atoms with Gasteiger partial charge in [-0.15, -0.1) is 12.4 Å². The summed E-state index contributed by atoms with van der Waals surface area (Å²) in [5.74, 6) is 0. The van der Waals surface area contributed by atoms with Gasteiger partial charge in [-0.2, -0.15) is 18.4 Å². The minimum Gasteiger partial charge on any atom is -0.323 e. The van der Waals surface area contributed by atoms with Crippen molar-refractivity contribution in [3.8, 4) is 6.07 Å². The van der Waals surface area contributed by atoms with Gasteiger partial charge in [0.1, 0.15) is 0 Å². The highest BCUT2D eigenvalue weighted by Gasteiger charge is 2.33. The standard InChI is InChI=1S/C10H8ClF3N2.ClH/c11-8-2-1-6(9(16)3-4-15)5-7(8)10(12,13)14;/h1-2,5,9H,3,16H2;1H/t9-;/m0./s1. The first-order chi connectivity index (χ1) is 7.36. The maximum Gasteiger partial charge on any atom is 0.417 e. The van der Waals surface area contributed by atoms with E-state index in [-0.39, 0.29) is 29.4 Å². The predicted molar refractivity (Wildman–Crippen MR) is 60.9 cm³/mol. The van der Waals surface area contributed by atoms with Crippen molar-refractivity contribution in [1.29, 1.82) is 5.26 Å². The van der Waals surface area contributed by atoms with E-state index in [1.165, 1.54) is 6.07 Å². The van der Waals surface area contributed by atoms with Crippen LogP contribution < -0.4 is 5.73 Å². The first kappa shape index (κ1) is 16.0. The number of hydrogen-bond donors (Lipinski definition) is 1. The normalized spacial score (nSPS) is 12.5. The molecule has 0 saturated heterocycles. The van der Waals surface area contributed by atoms with Gasteiger partial charge >= 0.3 is 6.18 Å². The molecule has 17 heavy (non-hydrogen) atoms. The molecule has 94 valence electrons. The summed E-state index contributed by atoms with van der Waals surface area (Å²) in [6, 6.07) is 4.47. The number of hydrogen-bond acceptors (Lipinski definition) is 2. The van der Waals surface area contributed by atoms with E-state index in [0.29, 0.717) is 0 Å². The van der Waals surface area contributed by atoms with Gasteiger partial charge < -0.3 is 5.73 Å². The molecule has 0 aliphatic rings. The lowest BCUT2D eigenvalue weighted by molar-refractivity contribution is -0.137. The molecule has 0 heterocycles. The first-order valence-electron chi connectivity index (χ1n) is 4.35. The summed E-state index contributed by atoms with van der Waals surface area (Å²) in [4.78, 5) is 0. The molecule has 2 N–H and O–H groups in total. The zero-order valence-electron chi connectivity index (χ0n) is 8.46. The van der Waals surface area contributed by atoms with Crippen LogP contribution >= 0.6 is 24.0 Å². The molecule has 1 aromatic carbocycles. The van der Waals surface area contributed by atoms with Gasteiger partial charge in [-0.1, -0.05) is 17.7 Å². The fourth-order valence-corrected chi connectivity index (χ4v) is 1.43. The minimum atomic E-state index is -4.51. The second kappa shape index (κ2) is 6.10. The average Bonchev–Trinajstić information content (AvgIpc) is 2.16. The Hall–Kier alpha value is -0.960. The Morgan fingerprint density at radius 3 is 2.47 bits per heavy atom. The van der Waals surface area contributed by atoms with Gasteiger partial charge in [-0.05, 0) is 17.7 Å². The summed E-state index contributed by atoms with van der Waals surface area (Å²) in [5.41, 5.74) is 4.85. The van der Waals surface area contributed by atoms with Crippen LogP contribution in [0.15, 0.2) is 18.2 Å². The molecule has 0 unspecified atom stereocenters. The van der Waals surface area contributed by atoms with Crippen molar-refractivity contribution in [1.82, 2.24) is 0 Å². The van der Waals surface area contributed by atoms with Crippen LogP contribution in [0.2, 0.25) is 5.02 Å². The second-order valence-electron chi connectivity index (χ2n) is 3.21. The summed E-state index contributed by atoms with van der Waals surface area (Å²) in [7, 11) is 0. The van der Waals surface area contributed by atoms with E-state index in [2.05, 4.69) is 0 Å². The van der Waals surface area contributed by atoms with Crippen molar-refractivity contribution in [2.24, 2.45) is 5.73 Å². The monoisotopic (exact) mass is 284 g/mol. The van der Waals surface area contributed by atoms with E-state index >= 15 is 0 Å². The van der Waals surface area contributed by atoms with Crippen molar-refractivity contribution in [2.75, 3.05) is 0 Å². The number of benzene rings is 1. The Kier molecular flexibility index (Phi) is 5.76. The fourth-order valence-electron chi connectivity index (χ4n) is 1.21. The van der Waals surface area contributed by atoms with Crippen LogP contribution in [0.4, 0.5) is 13.2 Å². The summed E-state index contributed by atoms with van der Waals surface area (Å²) < 4.78 is 37.5. The van der Waals surface area contributed by atoms with Gasteiger partial charge in [0.15, 0.2) is 0 Å². The van der Waals surface area contributed by atoms with Gasteiger partial charge in [0.2, 0.25) is 0 Å². The molecule has 0 bridgehead atoms. The molecular formula is C10H9Cl2F3N2. The van der Waals surface area contributed by atoms with Gasteiger partial charge in [-0.25, -0.2) is 0 Å². The second-order valence-corrected chi connectivity index (χ2v) is 3.61. The summed E-state index contributed by atoms with van der Waals surface area (Å²) in [6.07, 6.45) is -4.56. The van der Waals surface area contributed by atoms with Crippen LogP contribution in [0.1, 0.15) is 23.6 Å². The average molecular weight is 285 g/mol. The molecule has 0 aliphatic carbocycles. The lowest BCUT2D eigenvalue weighted by atomic mass is 10.0. The topological polar surface area (TPSA) is 49.8 Å². The van der Waals surface area contributed by atoms with Gasteiger partial charge in [0, 0.05) is 6.04 Å². The van der Waals surface area contributed by atoms with Crippen molar-refractivity contribution in [3.05, 3.63) is 34.3 Å². The van der Waals surface area contributed by atoms with Crippen LogP contribution in [0, 0.1) is 11.3 Å². The van der Waals surface area contributed by atoms with Crippen molar-refractivity contribution < 1.29 is 13.2 Å². The molecule has 1 aromatic rings. The predicted octanol–water partition coefficient (Wildman–Crippen LogP) is 3.69. The Morgan fingerprint density at radius 2 is 2.00 bits per heavy atom. The first-order valence-corrected chi connectivity index (χ1v) is 4.73. The molecule has 0 aromatic heterocycles. The third-order valence-electron chi connectivity index (χ3n) is 2.04. The van der Waals surface area contributed by atoms with E-state index < -0.39 is 17.8 Å². The van der Waals surface area contributed by atoms with Crippen LogP contribution in [0.5, 0.6) is 0 Å². The highest BCUT2D eigenvalue weighted by molar-refractivity contribution is 6.31. The number of nitrogens with two attached hydrogens (primary N) is 1. The highest BCUT2D eigenvalue weighted by atomic mass is 35.5. The maximum atomic E-state index is 12.5. The van der Waals surface area contributed by atoms with Gasteiger partial charge in [0.05, 0.1) is 23.1 Å².